The van der Waals surface area contributed by atoms with E-state index in [1.165, 1.54) is 12.1 Å². The molecular formula is C12H11ClN2O3. The van der Waals surface area contributed by atoms with Gasteiger partial charge >= 0.3 is 12.0 Å². The molecule has 18 heavy (non-hydrogen) atoms. The Hall–Kier alpha value is -2.19. The molecule has 0 aliphatic heterocycles. The van der Waals surface area contributed by atoms with E-state index in [4.69, 9.17) is 16.7 Å². The number of aromatic carboxylic acids is 1. The number of carboxylic acids is 1. The summed E-state index contributed by atoms with van der Waals surface area (Å²) in [6.07, 6.45) is 0. The van der Waals surface area contributed by atoms with Gasteiger partial charge in [0, 0.05) is 0 Å². The van der Waals surface area contributed by atoms with Gasteiger partial charge in [-0.05, 0) is 19.1 Å². The lowest BCUT2D eigenvalue weighted by Gasteiger charge is -2.09. The van der Waals surface area contributed by atoms with E-state index < -0.39 is 12.0 Å². The summed E-state index contributed by atoms with van der Waals surface area (Å²) in [5.41, 5.74) is -0.00662. The molecule has 94 valence electrons. The first kappa shape index (κ1) is 13.9. The van der Waals surface area contributed by atoms with Crippen molar-refractivity contribution in [2.24, 2.45) is 0 Å². The number of halogens is 1. The molecule has 2 amide bonds. The average molecular weight is 267 g/mol. The highest BCUT2D eigenvalue weighted by Gasteiger charge is 2.15. The highest BCUT2D eigenvalue weighted by molar-refractivity contribution is 6.34. The first-order chi connectivity index (χ1) is 8.56. The molecule has 0 atom stereocenters. The average Bonchev–Trinajstić information content (AvgIpc) is 2.28. The van der Waals surface area contributed by atoms with Crippen LogP contribution in [0.4, 0.5) is 10.5 Å². The summed E-state index contributed by atoms with van der Waals surface area (Å²) in [6, 6.07) is 3.91. The van der Waals surface area contributed by atoms with E-state index in [-0.39, 0.29) is 22.8 Å². The molecule has 0 aliphatic rings. The monoisotopic (exact) mass is 266 g/mol. The molecule has 0 heterocycles. The number of benzene rings is 1. The van der Waals surface area contributed by atoms with Gasteiger partial charge in [-0.1, -0.05) is 23.6 Å². The van der Waals surface area contributed by atoms with Gasteiger partial charge in [-0.2, -0.15) is 0 Å². The molecule has 6 heteroatoms. The number of nitrogens with one attached hydrogen (secondary N) is 2. The molecule has 1 aromatic rings. The minimum Gasteiger partial charge on any atom is -0.478 e. The number of carbonyl (C=O) groups excluding carboxylic acids is 1. The van der Waals surface area contributed by atoms with Gasteiger partial charge in [0.05, 0.1) is 17.3 Å². The van der Waals surface area contributed by atoms with Crippen LogP contribution in [0.5, 0.6) is 0 Å². The number of carboxylic acid groups (broad SMARTS) is 1. The number of amides is 2. The van der Waals surface area contributed by atoms with Crippen molar-refractivity contribution in [3.63, 3.8) is 0 Å². The van der Waals surface area contributed by atoms with Crippen LogP contribution in [0.2, 0.25) is 5.02 Å². The predicted octanol–water partition coefficient (Wildman–Crippen LogP) is 2.18. The molecule has 0 saturated heterocycles. The van der Waals surface area contributed by atoms with Gasteiger partial charge in [0.25, 0.3) is 0 Å². The molecule has 0 fully saturated rings. The van der Waals surface area contributed by atoms with Crippen molar-refractivity contribution >= 4 is 29.3 Å². The van der Waals surface area contributed by atoms with E-state index in [0.717, 1.165) is 0 Å². The number of hydrogen-bond donors (Lipinski definition) is 3. The van der Waals surface area contributed by atoms with Crippen molar-refractivity contribution in [3.05, 3.63) is 28.8 Å². The molecule has 0 saturated carbocycles. The number of hydrogen-bond acceptors (Lipinski definition) is 2. The topological polar surface area (TPSA) is 78.4 Å². The third kappa shape index (κ3) is 3.68. The van der Waals surface area contributed by atoms with Gasteiger partial charge in [-0.15, -0.1) is 5.92 Å². The number of anilines is 1. The van der Waals surface area contributed by atoms with E-state index in [1.807, 2.05) is 0 Å². The van der Waals surface area contributed by atoms with Gasteiger partial charge in [-0.3, -0.25) is 0 Å². The Balaban J connectivity index is 2.83. The van der Waals surface area contributed by atoms with E-state index in [1.54, 1.807) is 13.0 Å². The van der Waals surface area contributed by atoms with Crippen molar-refractivity contribution < 1.29 is 14.7 Å². The van der Waals surface area contributed by atoms with E-state index >= 15 is 0 Å². The molecule has 0 aromatic heterocycles. The molecule has 1 aromatic carbocycles. The lowest BCUT2D eigenvalue weighted by Crippen LogP contribution is -2.29. The zero-order valence-corrected chi connectivity index (χ0v) is 10.3. The Morgan fingerprint density at radius 1 is 1.44 bits per heavy atom. The van der Waals surface area contributed by atoms with Crippen LogP contribution in [0, 0.1) is 11.8 Å². The lowest BCUT2D eigenvalue weighted by molar-refractivity contribution is 0.0698. The Morgan fingerprint density at radius 3 is 2.78 bits per heavy atom. The summed E-state index contributed by atoms with van der Waals surface area (Å²) < 4.78 is 0. The second kappa shape index (κ2) is 6.52. The Morgan fingerprint density at radius 2 is 2.17 bits per heavy atom. The summed E-state index contributed by atoms with van der Waals surface area (Å²) in [4.78, 5) is 22.5. The van der Waals surface area contributed by atoms with Crippen molar-refractivity contribution in [1.82, 2.24) is 5.32 Å². The highest BCUT2D eigenvalue weighted by Crippen LogP contribution is 2.24. The maximum atomic E-state index is 11.4. The number of rotatable bonds is 3. The maximum Gasteiger partial charge on any atom is 0.339 e. The van der Waals surface area contributed by atoms with Gasteiger partial charge in [-0.25, -0.2) is 9.59 Å². The van der Waals surface area contributed by atoms with Crippen molar-refractivity contribution in [3.8, 4) is 11.8 Å². The van der Waals surface area contributed by atoms with Crippen LogP contribution in [-0.4, -0.2) is 23.7 Å². The van der Waals surface area contributed by atoms with Crippen LogP contribution < -0.4 is 10.6 Å². The van der Waals surface area contributed by atoms with Crippen LogP contribution >= 0.6 is 11.6 Å². The summed E-state index contributed by atoms with van der Waals surface area (Å²) in [5.74, 6) is 4.06. The second-order valence-electron chi connectivity index (χ2n) is 3.20. The summed E-state index contributed by atoms with van der Waals surface area (Å²) in [6.45, 7) is 1.84. The summed E-state index contributed by atoms with van der Waals surface area (Å²) >= 11 is 5.76. The van der Waals surface area contributed by atoms with Crippen LogP contribution in [0.25, 0.3) is 0 Å². The quantitative estimate of drug-likeness (QED) is 0.734. The SMILES string of the molecule is CC#CCNC(=O)Nc1cccc(Cl)c1C(=O)O. The largest absolute Gasteiger partial charge is 0.478 e. The Labute approximate surface area is 109 Å². The molecule has 0 spiro atoms. The molecular weight excluding hydrogens is 256 g/mol. The second-order valence-corrected chi connectivity index (χ2v) is 3.61. The highest BCUT2D eigenvalue weighted by atomic mass is 35.5. The number of carbonyl (C=O) groups is 2. The molecule has 3 N–H and O–H groups in total. The molecule has 0 aliphatic carbocycles. The van der Waals surface area contributed by atoms with Crippen LogP contribution in [0.1, 0.15) is 17.3 Å². The van der Waals surface area contributed by atoms with Crippen LogP contribution in [-0.2, 0) is 0 Å². The maximum absolute atomic E-state index is 11.4. The van der Waals surface area contributed by atoms with Gasteiger partial charge in [0.2, 0.25) is 0 Å². The summed E-state index contributed by atoms with van der Waals surface area (Å²) in [7, 11) is 0. The fraction of sp³-hybridized carbons (Fsp3) is 0.167. The molecule has 1 rings (SSSR count). The minimum absolute atomic E-state index is 0.0636. The van der Waals surface area contributed by atoms with Gasteiger partial charge in [0.15, 0.2) is 0 Å². The zero-order chi connectivity index (χ0) is 13.5. The molecule has 0 bridgehead atoms. The number of urea groups is 1. The Bertz CT molecular complexity index is 532. The first-order valence-electron chi connectivity index (χ1n) is 5.02. The normalized spacial score (nSPS) is 9.00. The van der Waals surface area contributed by atoms with Crippen molar-refractivity contribution in [2.75, 3.05) is 11.9 Å². The van der Waals surface area contributed by atoms with Gasteiger partial charge < -0.3 is 15.7 Å². The van der Waals surface area contributed by atoms with Crippen LogP contribution in [0.3, 0.4) is 0 Å². The zero-order valence-electron chi connectivity index (χ0n) is 9.58. The van der Waals surface area contributed by atoms with Crippen molar-refractivity contribution in [2.45, 2.75) is 6.92 Å². The van der Waals surface area contributed by atoms with E-state index in [9.17, 15) is 9.59 Å². The predicted molar refractivity (Wildman–Crippen MR) is 68.9 cm³/mol. The van der Waals surface area contributed by atoms with Crippen molar-refractivity contribution in [1.29, 1.82) is 0 Å². The van der Waals surface area contributed by atoms with Crippen LogP contribution in [0.15, 0.2) is 18.2 Å². The minimum atomic E-state index is -1.20. The summed E-state index contributed by atoms with van der Waals surface area (Å²) in [5, 5.41) is 13.9. The van der Waals surface area contributed by atoms with E-state index in [0.29, 0.717) is 0 Å². The third-order valence-electron chi connectivity index (χ3n) is 1.99. The van der Waals surface area contributed by atoms with E-state index in [2.05, 4.69) is 22.5 Å². The lowest BCUT2D eigenvalue weighted by atomic mass is 10.2. The fourth-order valence-electron chi connectivity index (χ4n) is 1.23. The first-order valence-corrected chi connectivity index (χ1v) is 5.40. The molecule has 0 unspecified atom stereocenters. The fourth-order valence-corrected chi connectivity index (χ4v) is 1.48. The Kier molecular flexibility index (Phi) is 5.03. The smallest absolute Gasteiger partial charge is 0.339 e. The van der Waals surface area contributed by atoms with Gasteiger partial charge in [0.1, 0.15) is 5.56 Å². The molecule has 0 radical (unpaired) electrons. The molecule has 5 nitrogen and oxygen atoms in total. The standard InChI is InChI=1S/C12H11ClN2O3/c1-2-3-7-14-12(18)15-9-6-4-5-8(13)10(9)11(16)17/h4-6H,7H2,1H3,(H,16,17)(H2,14,15,18). The third-order valence-corrected chi connectivity index (χ3v) is 2.30.